The zero-order valence-electron chi connectivity index (χ0n) is 6.63. The minimum Gasteiger partial charge on any atom is -0.198 e. The Hall–Kier alpha value is -0.810. The van der Waals surface area contributed by atoms with Crippen LogP contribution >= 0.6 is 11.3 Å². The molecule has 11 heavy (non-hydrogen) atoms. The van der Waals surface area contributed by atoms with Gasteiger partial charge in [-0.3, -0.25) is 0 Å². The number of unbranched alkanes of at least 4 members (excludes halogenated alkanes) is 1. The van der Waals surface area contributed by atoms with Gasteiger partial charge in [-0.1, -0.05) is 0 Å². The summed E-state index contributed by atoms with van der Waals surface area (Å²) in [6.45, 7) is 2.12. The average molecular weight is 165 g/mol. The third-order valence-corrected chi connectivity index (χ3v) is 2.74. The quantitative estimate of drug-likeness (QED) is 0.632. The van der Waals surface area contributed by atoms with Gasteiger partial charge in [0.15, 0.2) is 0 Å². The van der Waals surface area contributed by atoms with Gasteiger partial charge in [0, 0.05) is 11.3 Å². The summed E-state index contributed by atoms with van der Waals surface area (Å²) in [7, 11) is 0. The van der Waals surface area contributed by atoms with Crippen LogP contribution in [0.3, 0.4) is 0 Å². The molecule has 0 amide bonds. The second kappa shape index (κ2) is 4.15. The highest BCUT2D eigenvalue weighted by atomic mass is 32.1. The number of aryl methyl sites for hydroxylation is 2. The lowest BCUT2D eigenvalue weighted by Crippen LogP contribution is -1.81. The number of rotatable bonds is 3. The number of nitriles is 1. The van der Waals surface area contributed by atoms with Crippen molar-refractivity contribution in [3.05, 3.63) is 21.9 Å². The van der Waals surface area contributed by atoms with Gasteiger partial charge in [0.1, 0.15) is 0 Å². The lowest BCUT2D eigenvalue weighted by atomic mass is 10.2. The van der Waals surface area contributed by atoms with Gasteiger partial charge in [-0.05, 0) is 36.8 Å². The van der Waals surface area contributed by atoms with Crippen LogP contribution in [0, 0.1) is 18.3 Å². The van der Waals surface area contributed by atoms with Crippen LogP contribution in [0.4, 0.5) is 0 Å². The molecule has 0 saturated carbocycles. The lowest BCUT2D eigenvalue weighted by molar-refractivity contribution is 0.858. The van der Waals surface area contributed by atoms with E-state index in [1.807, 2.05) is 0 Å². The fourth-order valence-corrected chi connectivity index (χ4v) is 1.94. The summed E-state index contributed by atoms with van der Waals surface area (Å²) in [5.41, 5.74) is 1.37. The highest BCUT2D eigenvalue weighted by Crippen LogP contribution is 2.17. The Morgan fingerprint density at radius 3 is 3.00 bits per heavy atom. The van der Waals surface area contributed by atoms with Crippen LogP contribution in [0.25, 0.3) is 0 Å². The maximum Gasteiger partial charge on any atom is 0.0621 e. The number of hydrogen-bond donors (Lipinski definition) is 0. The molecule has 1 heterocycles. The third-order valence-electron chi connectivity index (χ3n) is 1.66. The summed E-state index contributed by atoms with van der Waals surface area (Å²) >= 11 is 1.79. The molecule has 0 radical (unpaired) electrons. The highest BCUT2D eigenvalue weighted by molar-refractivity contribution is 7.10. The summed E-state index contributed by atoms with van der Waals surface area (Å²) in [6.07, 6.45) is 2.74. The van der Waals surface area contributed by atoms with E-state index < -0.39 is 0 Å². The summed E-state index contributed by atoms with van der Waals surface area (Å²) in [5.74, 6) is 0. The van der Waals surface area contributed by atoms with E-state index in [1.165, 1.54) is 10.4 Å². The molecule has 0 aliphatic heterocycles. The van der Waals surface area contributed by atoms with Crippen LogP contribution in [0.5, 0.6) is 0 Å². The maximum atomic E-state index is 8.32. The Labute approximate surface area is 71.3 Å². The summed E-state index contributed by atoms with van der Waals surface area (Å²) in [5, 5.41) is 10.4. The van der Waals surface area contributed by atoms with Crippen molar-refractivity contribution in [2.75, 3.05) is 0 Å². The Kier molecular flexibility index (Phi) is 3.13. The van der Waals surface area contributed by atoms with E-state index >= 15 is 0 Å². The molecule has 0 atom stereocenters. The Morgan fingerprint density at radius 2 is 2.45 bits per heavy atom. The van der Waals surface area contributed by atoms with E-state index in [-0.39, 0.29) is 0 Å². The second-order valence-electron chi connectivity index (χ2n) is 2.54. The van der Waals surface area contributed by atoms with Crippen molar-refractivity contribution >= 4 is 11.3 Å². The van der Waals surface area contributed by atoms with Crippen LogP contribution in [-0.4, -0.2) is 0 Å². The molecule has 58 valence electrons. The molecule has 0 spiro atoms. The average Bonchev–Trinajstić information content (AvgIpc) is 2.37. The van der Waals surface area contributed by atoms with E-state index in [4.69, 9.17) is 5.26 Å². The Balaban J connectivity index is 2.40. The Morgan fingerprint density at radius 1 is 1.64 bits per heavy atom. The van der Waals surface area contributed by atoms with Crippen molar-refractivity contribution in [1.82, 2.24) is 0 Å². The SMILES string of the molecule is Cc1ccsc1CCCC#N. The molecule has 1 aromatic heterocycles. The molecule has 0 saturated heterocycles. The summed E-state index contributed by atoms with van der Waals surface area (Å²) < 4.78 is 0. The molecule has 0 N–H and O–H groups in total. The zero-order valence-corrected chi connectivity index (χ0v) is 7.45. The van der Waals surface area contributed by atoms with Crippen LogP contribution in [0.2, 0.25) is 0 Å². The molecule has 2 heteroatoms. The van der Waals surface area contributed by atoms with E-state index in [0.29, 0.717) is 6.42 Å². The van der Waals surface area contributed by atoms with Crippen LogP contribution in [-0.2, 0) is 6.42 Å². The van der Waals surface area contributed by atoms with Crippen LogP contribution in [0.1, 0.15) is 23.3 Å². The monoisotopic (exact) mass is 165 g/mol. The molecule has 0 bridgehead atoms. The topological polar surface area (TPSA) is 23.8 Å². The van der Waals surface area contributed by atoms with Crippen LogP contribution < -0.4 is 0 Å². The van der Waals surface area contributed by atoms with Crippen molar-refractivity contribution in [1.29, 1.82) is 5.26 Å². The van der Waals surface area contributed by atoms with E-state index in [1.54, 1.807) is 11.3 Å². The second-order valence-corrected chi connectivity index (χ2v) is 3.54. The molecule has 0 aliphatic carbocycles. The van der Waals surface area contributed by atoms with Gasteiger partial charge in [-0.2, -0.15) is 5.26 Å². The van der Waals surface area contributed by atoms with Gasteiger partial charge in [0.2, 0.25) is 0 Å². The van der Waals surface area contributed by atoms with Gasteiger partial charge in [-0.25, -0.2) is 0 Å². The lowest BCUT2D eigenvalue weighted by Gasteiger charge is -1.94. The summed E-state index contributed by atoms with van der Waals surface area (Å²) in [6, 6.07) is 4.29. The van der Waals surface area contributed by atoms with Crippen molar-refractivity contribution in [3.63, 3.8) is 0 Å². The molecule has 0 aliphatic rings. The highest BCUT2D eigenvalue weighted by Gasteiger charge is 1.97. The fraction of sp³-hybridized carbons (Fsp3) is 0.444. The first kappa shape index (κ1) is 8.29. The van der Waals surface area contributed by atoms with Crippen molar-refractivity contribution < 1.29 is 0 Å². The molecule has 0 aromatic carbocycles. The Bertz CT molecular complexity index is 257. The first-order valence-electron chi connectivity index (χ1n) is 3.74. The normalized spacial score (nSPS) is 9.45. The first-order valence-corrected chi connectivity index (χ1v) is 4.62. The zero-order chi connectivity index (χ0) is 8.10. The van der Waals surface area contributed by atoms with Crippen molar-refractivity contribution in [3.8, 4) is 6.07 Å². The standard InChI is InChI=1S/C9H11NS/c1-8-5-7-11-9(8)4-2-3-6-10/h5,7H,2-4H2,1H3. The molecule has 1 nitrogen and oxygen atoms in total. The number of hydrogen-bond acceptors (Lipinski definition) is 2. The van der Waals surface area contributed by atoms with Gasteiger partial charge >= 0.3 is 0 Å². The predicted octanol–water partition coefficient (Wildman–Crippen LogP) is 2.90. The molecular formula is C9H11NS. The van der Waals surface area contributed by atoms with Gasteiger partial charge in [0.05, 0.1) is 6.07 Å². The predicted molar refractivity (Wildman–Crippen MR) is 47.6 cm³/mol. The minimum absolute atomic E-state index is 0.678. The molecule has 0 unspecified atom stereocenters. The minimum atomic E-state index is 0.678. The van der Waals surface area contributed by atoms with Crippen molar-refractivity contribution in [2.24, 2.45) is 0 Å². The van der Waals surface area contributed by atoms with E-state index in [0.717, 1.165) is 12.8 Å². The van der Waals surface area contributed by atoms with Crippen molar-refractivity contribution in [2.45, 2.75) is 26.2 Å². The first-order chi connectivity index (χ1) is 5.34. The van der Waals surface area contributed by atoms with Gasteiger partial charge < -0.3 is 0 Å². The van der Waals surface area contributed by atoms with Crippen LogP contribution in [0.15, 0.2) is 11.4 Å². The van der Waals surface area contributed by atoms with Gasteiger partial charge in [0.25, 0.3) is 0 Å². The molecule has 1 aromatic rings. The van der Waals surface area contributed by atoms with E-state index in [2.05, 4.69) is 24.4 Å². The third kappa shape index (κ3) is 2.36. The molecular weight excluding hydrogens is 154 g/mol. The molecule has 1 rings (SSSR count). The fourth-order valence-electron chi connectivity index (χ4n) is 0.988. The summed E-state index contributed by atoms with van der Waals surface area (Å²) in [4.78, 5) is 1.43. The number of thiophene rings is 1. The van der Waals surface area contributed by atoms with Gasteiger partial charge in [-0.15, -0.1) is 11.3 Å². The maximum absolute atomic E-state index is 8.32. The number of nitrogens with zero attached hydrogens (tertiary/aromatic N) is 1. The van der Waals surface area contributed by atoms with E-state index in [9.17, 15) is 0 Å². The smallest absolute Gasteiger partial charge is 0.0621 e. The molecule has 0 fully saturated rings. The largest absolute Gasteiger partial charge is 0.198 e.